The molecule has 2 aromatic rings. The van der Waals surface area contributed by atoms with Gasteiger partial charge in [-0.2, -0.15) is 26.3 Å². The maximum atomic E-state index is 12.7. The van der Waals surface area contributed by atoms with Gasteiger partial charge in [0.25, 0.3) is 5.91 Å². The van der Waals surface area contributed by atoms with E-state index in [-0.39, 0.29) is 22.8 Å². The van der Waals surface area contributed by atoms with Crippen molar-refractivity contribution < 1.29 is 60.6 Å². The number of likely N-dealkylation sites (tertiary alicyclic amines) is 2. The Morgan fingerprint density at radius 1 is 1.02 bits per heavy atom. The van der Waals surface area contributed by atoms with Gasteiger partial charge in [0.1, 0.15) is 5.75 Å². The summed E-state index contributed by atoms with van der Waals surface area (Å²) in [5.74, 6) is -4.56. The van der Waals surface area contributed by atoms with Gasteiger partial charge in [-0.25, -0.2) is 9.59 Å². The lowest BCUT2D eigenvalue weighted by Gasteiger charge is -2.39. The van der Waals surface area contributed by atoms with Crippen molar-refractivity contribution in [1.82, 2.24) is 20.0 Å². The van der Waals surface area contributed by atoms with Crippen molar-refractivity contribution in [3.8, 4) is 5.75 Å². The van der Waals surface area contributed by atoms with Crippen molar-refractivity contribution in [2.24, 2.45) is 11.3 Å². The first-order valence-corrected chi connectivity index (χ1v) is 13.8. The number of ether oxygens (including phenoxy) is 1. The maximum absolute atomic E-state index is 12.7. The number of hydrogen-bond acceptors (Lipinski definition) is 8. The van der Waals surface area contributed by atoms with E-state index < -0.39 is 29.2 Å². The lowest BCUT2D eigenvalue weighted by Crippen LogP contribution is -2.44. The van der Waals surface area contributed by atoms with Gasteiger partial charge in [-0.05, 0) is 48.1 Å². The van der Waals surface area contributed by atoms with E-state index in [2.05, 4.69) is 41.1 Å². The Labute approximate surface area is 258 Å². The predicted molar refractivity (Wildman–Crippen MR) is 147 cm³/mol. The molecule has 46 heavy (non-hydrogen) atoms. The highest BCUT2D eigenvalue weighted by atomic mass is 19.4. The number of aromatic nitrogens is 2. The van der Waals surface area contributed by atoms with Gasteiger partial charge in [-0.1, -0.05) is 37.1 Å². The number of alkyl halides is 6. The number of nitrogens with zero attached hydrogens (tertiary/aromatic N) is 4. The molecule has 1 spiro atoms. The molecule has 2 aliphatic heterocycles. The lowest BCUT2D eigenvalue weighted by molar-refractivity contribution is -0.389. The Bertz CT molecular complexity index is 1330. The monoisotopic (exact) mass is 669 g/mol. The van der Waals surface area contributed by atoms with Crippen LogP contribution in [0, 0.1) is 21.4 Å². The highest BCUT2D eigenvalue weighted by Crippen LogP contribution is 2.41. The van der Waals surface area contributed by atoms with Gasteiger partial charge in [0, 0.05) is 31.7 Å². The van der Waals surface area contributed by atoms with Gasteiger partial charge in [0.15, 0.2) is 5.69 Å². The van der Waals surface area contributed by atoms with Crippen molar-refractivity contribution in [1.29, 1.82) is 0 Å². The normalized spacial score (nSPS) is 16.2. The van der Waals surface area contributed by atoms with Crippen LogP contribution in [0.2, 0.25) is 0 Å². The smallest absolute Gasteiger partial charge is 0.490 e. The summed E-state index contributed by atoms with van der Waals surface area (Å²) < 4.78 is 69.5. The van der Waals surface area contributed by atoms with E-state index in [9.17, 15) is 41.3 Å². The second kappa shape index (κ2) is 15.7. The number of H-pyrrole nitrogens is 1. The Hall–Kier alpha value is -4.42. The average Bonchev–Trinajstić information content (AvgIpc) is 3.60. The number of carboxylic acid groups (broad SMARTS) is 2. The zero-order chi connectivity index (χ0) is 34.9. The molecule has 2 fully saturated rings. The fraction of sp³-hybridized carbons (Fsp3) is 0.556. The molecule has 0 bridgehead atoms. The van der Waals surface area contributed by atoms with Gasteiger partial charge < -0.3 is 30.0 Å². The molecule has 0 unspecified atom stereocenters. The van der Waals surface area contributed by atoms with E-state index in [1.54, 1.807) is 4.90 Å². The van der Waals surface area contributed by atoms with E-state index in [4.69, 9.17) is 24.5 Å². The van der Waals surface area contributed by atoms with E-state index in [1.165, 1.54) is 11.6 Å². The predicted octanol–water partition coefficient (Wildman–Crippen LogP) is 4.75. The largest absolute Gasteiger partial charge is 0.493 e. The summed E-state index contributed by atoms with van der Waals surface area (Å²) in [6, 6.07) is 9.49. The number of amides is 1. The van der Waals surface area contributed by atoms with E-state index in [1.807, 2.05) is 12.1 Å². The molecule has 3 heterocycles. The standard InChI is InChI=1S/C23H31N5O4.2C2HF3O2/c1-17(2)15-32-20-6-4-3-5-18(20)14-26-10-7-23(16-26)8-11-27(12-9-23)22(29)19-13-21(25-24-19)28(30)31;2*3-2(4,5)1(6)7/h3-6,13,17H,7-12,14-16H2,1-2H3,(H,24,25);2*(H,6,7). The summed E-state index contributed by atoms with van der Waals surface area (Å²) in [5.41, 5.74) is 1.55. The first kappa shape index (κ1) is 37.8. The summed E-state index contributed by atoms with van der Waals surface area (Å²) >= 11 is 0. The van der Waals surface area contributed by atoms with Crippen LogP contribution in [-0.4, -0.2) is 98.1 Å². The third-order valence-electron chi connectivity index (χ3n) is 7.03. The molecule has 2 aliphatic rings. The number of halogens is 6. The number of benzene rings is 1. The molecule has 0 atom stereocenters. The molecular formula is C27H33F6N5O8. The molecule has 0 radical (unpaired) electrons. The van der Waals surface area contributed by atoms with Gasteiger partial charge in [0.05, 0.1) is 12.7 Å². The highest BCUT2D eigenvalue weighted by molar-refractivity contribution is 5.92. The first-order chi connectivity index (χ1) is 21.2. The van der Waals surface area contributed by atoms with E-state index in [0.29, 0.717) is 25.6 Å². The number of carbonyl (C=O) groups is 3. The van der Waals surface area contributed by atoms with Crippen molar-refractivity contribution >= 4 is 23.7 Å². The number of aliphatic carboxylic acids is 2. The SMILES string of the molecule is CC(C)COc1ccccc1CN1CCC2(CCN(C(=O)c3cc([N+](=O)[O-])[nH]n3)CC2)C1.O=C(O)C(F)(F)F.O=C(O)C(F)(F)F. The van der Waals surface area contributed by atoms with Crippen LogP contribution in [0.4, 0.5) is 32.2 Å². The second-order valence-electron chi connectivity index (χ2n) is 11.1. The summed E-state index contributed by atoms with van der Waals surface area (Å²) in [6.45, 7) is 9.25. The zero-order valence-electron chi connectivity index (χ0n) is 24.7. The van der Waals surface area contributed by atoms with Crippen molar-refractivity contribution in [3.63, 3.8) is 0 Å². The molecular weight excluding hydrogens is 636 g/mol. The molecule has 1 amide bonds. The Kier molecular flexibility index (Phi) is 12.9. The quantitative estimate of drug-likeness (QED) is 0.212. The average molecular weight is 670 g/mol. The fourth-order valence-corrected chi connectivity index (χ4v) is 4.70. The minimum atomic E-state index is -5.08. The van der Waals surface area contributed by atoms with Crippen LogP contribution in [0.1, 0.15) is 49.2 Å². The molecule has 0 saturated carbocycles. The van der Waals surface area contributed by atoms with E-state index in [0.717, 1.165) is 44.6 Å². The van der Waals surface area contributed by atoms with Crippen LogP contribution in [0.25, 0.3) is 0 Å². The molecule has 1 aromatic carbocycles. The van der Waals surface area contributed by atoms with Gasteiger partial charge in [0.2, 0.25) is 0 Å². The number of carboxylic acids is 2. The minimum absolute atomic E-state index is 0.110. The van der Waals surface area contributed by atoms with Crippen LogP contribution in [0.5, 0.6) is 5.75 Å². The number of piperidine rings is 1. The summed E-state index contributed by atoms with van der Waals surface area (Å²) in [6.07, 6.45) is -7.17. The minimum Gasteiger partial charge on any atom is -0.493 e. The lowest BCUT2D eigenvalue weighted by atomic mass is 9.77. The van der Waals surface area contributed by atoms with Gasteiger partial charge >= 0.3 is 30.1 Å². The second-order valence-corrected chi connectivity index (χ2v) is 11.1. The van der Waals surface area contributed by atoms with Crippen molar-refractivity contribution in [2.75, 3.05) is 32.8 Å². The van der Waals surface area contributed by atoms with Crippen LogP contribution in [0.15, 0.2) is 30.3 Å². The molecule has 3 N–H and O–H groups in total. The van der Waals surface area contributed by atoms with Crippen LogP contribution >= 0.6 is 0 Å². The van der Waals surface area contributed by atoms with Crippen molar-refractivity contribution in [3.05, 3.63) is 51.7 Å². The fourth-order valence-electron chi connectivity index (χ4n) is 4.70. The number of carbonyl (C=O) groups excluding carboxylic acids is 1. The Morgan fingerprint density at radius 2 is 1.54 bits per heavy atom. The third-order valence-corrected chi connectivity index (χ3v) is 7.03. The number of hydrogen-bond donors (Lipinski definition) is 3. The molecule has 2 saturated heterocycles. The van der Waals surface area contributed by atoms with Crippen LogP contribution in [0.3, 0.4) is 0 Å². The topological polar surface area (TPSA) is 179 Å². The number of aromatic amines is 1. The molecule has 4 rings (SSSR count). The molecule has 1 aromatic heterocycles. The van der Waals surface area contributed by atoms with Crippen LogP contribution in [-0.2, 0) is 16.1 Å². The Morgan fingerprint density at radius 3 is 2.02 bits per heavy atom. The summed E-state index contributed by atoms with van der Waals surface area (Å²) in [4.78, 5) is 45.0. The summed E-state index contributed by atoms with van der Waals surface area (Å²) in [7, 11) is 0. The maximum Gasteiger partial charge on any atom is 0.490 e. The third kappa shape index (κ3) is 11.5. The molecule has 13 nitrogen and oxygen atoms in total. The number of rotatable bonds is 7. The molecule has 0 aliphatic carbocycles. The molecule has 19 heteroatoms. The van der Waals surface area contributed by atoms with Gasteiger partial charge in [-0.15, -0.1) is 5.10 Å². The number of nitrogens with one attached hydrogen (secondary N) is 1. The first-order valence-electron chi connectivity index (χ1n) is 13.8. The van der Waals surface area contributed by atoms with Crippen molar-refractivity contribution in [2.45, 2.75) is 52.0 Å². The number of nitro groups is 1. The molecule has 256 valence electrons. The highest BCUT2D eigenvalue weighted by Gasteiger charge is 2.42. The van der Waals surface area contributed by atoms with Gasteiger partial charge in [-0.3, -0.25) is 9.69 Å². The zero-order valence-corrected chi connectivity index (χ0v) is 24.7. The summed E-state index contributed by atoms with van der Waals surface area (Å²) in [5, 5.41) is 31.2. The number of para-hydroxylation sites is 1. The van der Waals surface area contributed by atoms with Crippen LogP contribution < -0.4 is 4.74 Å². The Balaban J connectivity index is 0.000000440. The van der Waals surface area contributed by atoms with E-state index >= 15 is 0 Å².